The molecule has 3 N–H and O–H groups in total. The molecule has 0 radical (unpaired) electrons. The number of aliphatic hydroxyl groups is 1. The molecule has 6 atom stereocenters. The maximum atomic E-state index is 14.2. The Morgan fingerprint density at radius 3 is 2.33 bits per heavy atom. The summed E-state index contributed by atoms with van der Waals surface area (Å²) in [6.45, 7) is 11.8. The second kappa shape index (κ2) is 8.84. The molecule has 3 aliphatic heterocycles. The maximum Gasteiger partial charge on any atom is 0.246 e. The van der Waals surface area contributed by atoms with E-state index < -0.39 is 40.7 Å². The number of fused-ring (bicyclic) bond motifs is 1. The molecule has 2 unspecified atom stereocenters. The van der Waals surface area contributed by atoms with Crippen molar-refractivity contribution < 1.29 is 24.2 Å². The molecule has 3 heterocycles. The first kappa shape index (κ1) is 26.6. The number of benzene rings is 1. The van der Waals surface area contributed by atoms with E-state index in [9.17, 15) is 19.5 Å². The van der Waals surface area contributed by atoms with Gasteiger partial charge in [-0.3, -0.25) is 14.4 Å². The third kappa shape index (κ3) is 4.22. The average molecular weight is 500 g/mol. The molecule has 8 nitrogen and oxygen atoms in total. The van der Waals surface area contributed by atoms with Crippen LogP contribution in [-0.4, -0.2) is 64.2 Å². The van der Waals surface area contributed by atoms with Gasteiger partial charge in [0.2, 0.25) is 17.7 Å². The normalized spacial score (nSPS) is 32.4. The number of carbonyl (C=O) groups excluding carboxylic acids is 3. The number of ether oxygens (including phenoxy) is 1. The predicted molar refractivity (Wildman–Crippen MR) is 136 cm³/mol. The molecule has 1 aromatic rings. The molecule has 0 saturated carbocycles. The summed E-state index contributed by atoms with van der Waals surface area (Å²) in [4.78, 5) is 42.9. The summed E-state index contributed by atoms with van der Waals surface area (Å²) in [5.74, 6) is -2.39. The Morgan fingerprint density at radius 1 is 1.14 bits per heavy atom. The van der Waals surface area contributed by atoms with E-state index in [1.807, 2.05) is 51.1 Å². The number of aliphatic hydroxyl groups excluding tert-OH is 1. The molecule has 8 heteroatoms. The van der Waals surface area contributed by atoms with Crippen molar-refractivity contribution in [1.82, 2.24) is 15.5 Å². The number of nitrogens with zero attached hydrogens (tertiary/aromatic N) is 1. The fraction of sp³-hybridized carbons (Fsp3) is 0.679. The molecule has 2 bridgehead atoms. The number of carbonyl (C=O) groups is 3. The van der Waals surface area contributed by atoms with Crippen LogP contribution in [0.3, 0.4) is 0 Å². The summed E-state index contributed by atoms with van der Waals surface area (Å²) >= 11 is 0. The Morgan fingerprint density at radius 2 is 1.78 bits per heavy atom. The molecule has 3 amide bonds. The van der Waals surface area contributed by atoms with Crippen LogP contribution in [0.5, 0.6) is 0 Å². The minimum Gasteiger partial charge on any atom is -0.394 e. The lowest BCUT2D eigenvalue weighted by Gasteiger charge is -2.40. The summed E-state index contributed by atoms with van der Waals surface area (Å²) in [5.41, 5.74) is -1.80. The molecule has 3 fully saturated rings. The van der Waals surface area contributed by atoms with Crippen molar-refractivity contribution >= 4 is 17.7 Å². The molecule has 3 aliphatic rings. The van der Waals surface area contributed by atoms with Crippen molar-refractivity contribution in [1.29, 1.82) is 0 Å². The summed E-state index contributed by atoms with van der Waals surface area (Å²) in [7, 11) is 1.56. The first-order valence-corrected chi connectivity index (χ1v) is 12.9. The Bertz CT molecular complexity index is 1040. The molecule has 1 aromatic carbocycles. The van der Waals surface area contributed by atoms with Crippen LogP contribution in [-0.2, 0) is 19.1 Å². The maximum absolute atomic E-state index is 14.2. The van der Waals surface area contributed by atoms with Gasteiger partial charge in [-0.15, -0.1) is 0 Å². The summed E-state index contributed by atoms with van der Waals surface area (Å²) < 4.78 is 6.62. The molecule has 198 valence electrons. The molecular formula is C28H41N3O5. The monoisotopic (exact) mass is 499 g/mol. The summed E-state index contributed by atoms with van der Waals surface area (Å²) in [6.07, 6.45) is 1.80. The Labute approximate surface area is 214 Å². The molecule has 3 saturated heterocycles. The van der Waals surface area contributed by atoms with Crippen LogP contribution in [0.1, 0.15) is 72.4 Å². The first-order chi connectivity index (χ1) is 16.7. The summed E-state index contributed by atoms with van der Waals surface area (Å²) in [5, 5.41) is 16.4. The Kier molecular flexibility index (Phi) is 6.53. The van der Waals surface area contributed by atoms with Crippen LogP contribution in [0.4, 0.5) is 0 Å². The van der Waals surface area contributed by atoms with Crippen LogP contribution in [0.2, 0.25) is 0 Å². The van der Waals surface area contributed by atoms with E-state index in [1.54, 1.807) is 7.05 Å². The molecule has 36 heavy (non-hydrogen) atoms. The molecule has 0 aliphatic carbocycles. The van der Waals surface area contributed by atoms with Gasteiger partial charge in [-0.25, -0.2) is 0 Å². The molecule has 0 aromatic heterocycles. The lowest BCUT2D eigenvalue weighted by atomic mass is 9.66. The highest BCUT2D eigenvalue weighted by atomic mass is 16.5. The van der Waals surface area contributed by atoms with Crippen molar-refractivity contribution in [3.63, 3.8) is 0 Å². The molecule has 4 rings (SSSR count). The topological polar surface area (TPSA) is 108 Å². The minimum atomic E-state index is -1.13. The van der Waals surface area contributed by atoms with Gasteiger partial charge in [0.1, 0.15) is 11.6 Å². The number of hydrogen-bond donors (Lipinski definition) is 3. The average Bonchev–Trinajstić information content (AvgIpc) is 3.34. The second-order valence-electron chi connectivity index (χ2n) is 12.8. The zero-order valence-electron chi connectivity index (χ0n) is 22.6. The highest BCUT2D eigenvalue weighted by molar-refractivity contribution is 5.99. The Balaban J connectivity index is 1.81. The zero-order valence-corrected chi connectivity index (χ0v) is 22.6. The number of likely N-dealkylation sites (tertiary alicyclic amines) is 1. The molecular weight excluding hydrogens is 458 g/mol. The van der Waals surface area contributed by atoms with Crippen LogP contribution in [0.25, 0.3) is 0 Å². The van der Waals surface area contributed by atoms with Gasteiger partial charge < -0.3 is 25.4 Å². The second-order valence-corrected chi connectivity index (χ2v) is 12.8. The van der Waals surface area contributed by atoms with E-state index in [2.05, 4.69) is 31.4 Å². The Hall–Kier alpha value is -2.45. The van der Waals surface area contributed by atoms with Crippen molar-refractivity contribution in [2.24, 2.45) is 17.3 Å². The van der Waals surface area contributed by atoms with Gasteiger partial charge in [0.15, 0.2) is 0 Å². The predicted octanol–water partition coefficient (Wildman–Crippen LogP) is 2.56. The fourth-order valence-corrected chi connectivity index (χ4v) is 7.36. The van der Waals surface area contributed by atoms with Crippen LogP contribution < -0.4 is 10.6 Å². The number of amides is 3. The number of hydrogen-bond acceptors (Lipinski definition) is 5. The SMILES string of the molecule is CNC(=O)[C@@H]1[C@H]2C(=O)N([C@H](CO)c3ccccc3)C(C(=O)NC(C)(C)CC(C)(C)C)C23CC[C@@]1(C)O3. The number of rotatable bonds is 7. The highest BCUT2D eigenvalue weighted by Crippen LogP contribution is 2.64. The van der Waals surface area contributed by atoms with Crippen molar-refractivity contribution in [3.05, 3.63) is 35.9 Å². The molecule has 1 spiro atoms. The highest BCUT2D eigenvalue weighted by Gasteiger charge is 2.78. The summed E-state index contributed by atoms with van der Waals surface area (Å²) in [6, 6.07) is 7.53. The van der Waals surface area contributed by atoms with Crippen molar-refractivity contribution in [3.8, 4) is 0 Å². The van der Waals surface area contributed by atoms with Crippen molar-refractivity contribution in [2.45, 2.75) is 89.6 Å². The van der Waals surface area contributed by atoms with Crippen LogP contribution in [0.15, 0.2) is 30.3 Å². The van der Waals surface area contributed by atoms with Gasteiger partial charge in [-0.2, -0.15) is 0 Å². The van der Waals surface area contributed by atoms with E-state index in [4.69, 9.17) is 4.74 Å². The zero-order chi connectivity index (χ0) is 26.7. The van der Waals surface area contributed by atoms with Gasteiger partial charge in [-0.05, 0) is 51.0 Å². The van der Waals surface area contributed by atoms with Gasteiger partial charge in [0, 0.05) is 12.6 Å². The van der Waals surface area contributed by atoms with Gasteiger partial charge in [0.25, 0.3) is 0 Å². The van der Waals surface area contributed by atoms with E-state index in [0.717, 1.165) is 12.0 Å². The van der Waals surface area contributed by atoms with E-state index in [1.165, 1.54) is 4.90 Å². The third-order valence-electron chi connectivity index (χ3n) is 8.12. The lowest BCUT2D eigenvalue weighted by Crippen LogP contribution is -2.60. The van der Waals surface area contributed by atoms with E-state index in [-0.39, 0.29) is 29.7 Å². The largest absolute Gasteiger partial charge is 0.394 e. The lowest BCUT2D eigenvalue weighted by molar-refractivity contribution is -0.150. The third-order valence-corrected chi connectivity index (χ3v) is 8.12. The minimum absolute atomic E-state index is 0.0272. The van der Waals surface area contributed by atoms with Crippen LogP contribution >= 0.6 is 0 Å². The van der Waals surface area contributed by atoms with Gasteiger partial charge in [-0.1, -0.05) is 51.1 Å². The van der Waals surface area contributed by atoms with Crippen molar-refractivity contribution in [2.75, 3.05) is 13.7 Å². The number of nitrogens with one attached hydrogen (secondary N) is 2. The van der Waals surface area contributed by atoms with Crippen LogP contribution in [0, 0.1) is 17.3 Å². The van der Waals surface area contributed by atoms with Gasteiger partial charge >= 0.3 is 0 Å². The van der Waals surface area contributed by atoms with E-state index in [0.29, 0.717) is 12.8 Å². The van der Waals surface area contributed by atoms with E-state index >= 15 is 0 Å². The fourth-order valence-electron chi connectivity index (χ4n) is 7.36. The smallest absolute Gasteiger partial charge is 0.246 e. The standard InChI is InChI=1S/C28H41N3O5/c1-25(2,3)16-26(4,5)30-23(34)21-28-14-13-27(6,36-28)19(22(33)29-7)20(28)24(35)31(21)18(15-32)17-11-9-8-10-12-17/h8-12,18-21,32H,13-16H2,1-7H3,(H,29,33)(H,30,34)/t18-,19+,20+,21?,27-,28?/m1/s1. The quantitative estimate of drug-likeness (QED) is 0.535. The first-order valence-electron chi connectivity index (χ1n) is 12.9. The van der Waals surface area contributed by atoms with Gasteiger partial charge in [0.05, 0.1) is 30.1 Å².